The smallest absolute Gasteiger partial charge is 0.286 e. The summed E-state index contributed by atoms with van der Waals surface area (Å²) < 4.78 is 24.5. The number of carbonyl (C=O) groups excluding carboxylic acids is 1. The third kappa shape index (κ3) is 4.56. The Morgan fingerprint density at radius 1 is 1.29 bits per heavy atom. The number of likely N-dealkylation sites (N-methyl/N-ethyl adjacent to an activating group) is 1. The van der Waals surface area contributed by atoms with Crippen LogP contribution < -0.4 is 9.47 Å². The maximum absolute atomic E-state index is 13.6. The molecule has 2 rings (SSSR count). The third-order valence-corrected chi connectivity index (χ3v) is 3.26. The minimum Gasteiger partial charge on any atom is -0.481 e. The summed E-state index contributed by atoms with van der Waals surface area (Å²) in [6.07, 6.45) is 0.564. The largest absolute Gasteiger partial charge is 0.481 e. The number of benzene rings is 1. The predicted molar refractivity (Wildman–Crippen MR) is 85.6 cm³/mol. The number of hydrogen-bond donors (Lipinski definition) is 0. The van der Waals surface area contributed by atoms with Gasteiger partial charge in [0.15, 0.2) is 11.9 Å². The van der Waals surface area contributed by atoms with E-state index in [1.54, 1.807) is 31.2 Å². The summed E-state index contributed by atoms with van der Waals surface area (Å²) in [4.78, 5) is 20.4. The van der Waals surface area contributed by atoms with Crippen LogP contribution in [0.3, 0.4) is 0 Å². The Bertz CT molecular complexity index is 712. The number of halogens is 2. The number of rotatable bonds is 6. The second-order valence-electron chi connectivity index (χ2n) is 4.79. The van der Waals surface area contributed by atoms with Gasteiger partial charge < -0.3 is 9.47 Å². The first-order chi connectivity index (χ1) is 11.4. The molecule has 0 aliphatic heterocycles. The number of ether oxygens (including phenoxy) is 2. The van der Waals surface area contributed by atoms with Crippen LogP contribution in [0, 0.1) is 5.82 Å². The minimum atomic E-state index is -0.725. The average Bonchev–Trinajstić information content (AvgIpc) is 2.57. The van der Waals surface area contributed by atoms with Crippen LogP contribution in [0.15, 0.2) is 36.5 Å². The Labute approximate surface area is 143 Å². The van der Waals surface area contributed by atoms with Crippen molar-refractivity contribution in [1.29, 1.82) is 0 Å². The Balaban J connectivity index is 2.01. The van der Waals surface area contributed by atoms with Crippen LogP contribution in [0.5, 0.6) is 17.4 Å². The molecule has 2 aromatic rings. The van der Waals surface area contributed by atoms with Gasteiger partial charge in [0.1, 0.15) is 11.5 Å². The predicted octanol–water partition coefficient (Wildman–Crippen LogP) is 3.45. The lowest BCUT2D eigenvalue weighted by Gasteiger charge is -2.19. The van der Waals surface area contributed by atoms with E-state index in [9.17, 15) is 9.18 Å². The highest BCUT2D eigenvalue weighted by Crippen LogP contribution is 2.26. The van der Waals surface area contributed by atoms with Crippen molar-refractivity contribution in [2.24, 2.45) is 0 Å². The highest BCUT2D eigenvalue weighted by molar-refractivity contribution is 6.30. The molecule has 8 heteroatoms. The normalized spacial score (nSPS) is 11.7. The summed E-state index contributed by atoms with van der Waals surface area (Å²) in [5, 5.41) is 1.26. The summed E-state index contributed by atoms with van der Waals surface area (Å²) in [5.41, 5.74) is 0. The van der Waals surface area contributed by atoms with Crippen LogP contribution in [-0.2, 0) is 9.63 Å². The van der Waals surface area contributed by atoms with E-state index in [0.29, 0.717) is 11.5 Å². The van der Waals surface area contributed by atoms with E-state index in [4.69, 9.17) is 25.9 Å². The first-order valence-corrected chi connectivity index (χ1v) is 7.35. The molecular weight excluding hydrogens is 339 g/mol. The molecular formula is C16H16ClFN2O4. The number of carbonyl (C=O) groups is 1. The Hall–Kier alpha value is -2.38. The number of hydrogen-bond acceptors (Lipinski definition) is 5. The molecule has 1 aromatic carbocycles. The van der Waals surface area contributed by atoms with Gasteiger partial charge in [-0.05, 0) is 37.3 Å². The summed E-state index contributed by atoms with van der Waals surface area (Å²) in [6, 6.07) is 7.45. The molecule has 0 N–H and O–H groups in total. The minimum absolute atomic E-state index is 0.182. The van der Waals surface area contributed by atoms with Gasteiger partial charge in [0.2, 0.25) is 0 Å². The molecule has 0 bridgehead atoms. The molecule has 0 fully saturated rings. The van der Waals surface area contributed by atoms with E-state index < -0.39 is 11.9 Å². The van der Waals surface area contributed by atoms with Crippen molar-refractivity contribution < 1.29 is 23.5 Å². The van der Waals surface area contributed by atoms with Crippen LogP contribution in [0.2, 0.25) is 5.02 Å². The van der Waals surface area contributed by atoms with Crippen LogP contribution in [0.25, 0.3) is 0 Å². The zero-order valence-electron chi connectivity index (χ0n) is 13.3. The third-order valence-electron chi connectivity index (χ3n) is 3.06. The molecule has 0 spiro atoms. The van der Waals surface area contributed by atoms with Gasteiger partial charge in [-0.3, -0.25) is 9.63 Å². The fourth-order valence-corrected chi connectivity index (χ4v) is 1.92. The zero-order valence-corrected chi connectivity index (χ0v) is 14.1. The monoisotopic (exact) mass is 354 g/mol. The molecule has 1 atom stereocenters. The van der Waals surface area contributed by atoms with E-state index in [1.807, 2.05) is 0 Å². The number of hydroxylamine groups is 2. The van der Waals surface area contributed by atoms with Crippen LogP contribution in [0.1, 0.15) is 6.92 Å². The van der Waals surface area contributed by atoms with Crippen molar-refractivity contribution in [3.63, 3.8) is 0 Å². The molecule has 0 radical (unpaired) electrons. The lowest BCUT2D eigenvalue weighted by Crippen LogP contribution is -2.37. The molecule has 1 amide bonds. The number of aromatic nitrogens is 1. The van der Waals surface area contributed by atoms with E-state index in [2.05, 4.69) is 4.98 Å². The molecule has 128 valence electrons. The summed E-state index contributed by atoms with van der Waals surface area (Å²) >= 11 is 5.63. The standard InChI is InChI=1S/C16H16ClFN2O4/c1-10(16(21)20(2)22-3)23-12-4-6-13(7-5-12)24-15-14(18)8-11(17)9-19-15/h4-10H,1-3H3. The maximum Gasteiger partial charge on any atom is 0.286 e. The van der Waals surface area contributed by atoms with Crippen LogP contribution in [0.4, 0.5) is 4.39 Å². The fraction of sp³-hybridized carbons (Fsp3) is 0.250. The van der Waals surface area contributed by atoms with E-state index in [1.165, 1.54) is 20.4 Å². The maximum atomic E-state index is 13.6. The molecule has 6 nitrogen and oxygen atoms in total. The summed E-state index contributed by atoms with van der Waals surface area (Å²) in [7, 11) is 2.88. The first-order valence-electron chi connectivity index (χ1n) is 6.98. The fourth-order valence-electron chi connectivity index (χ4n) is 1.78. The highest BCUT2D eigenvalue weighted by atomic mass is 35.5. The lowest BCUT2D eigenvalue weighted by atomic mass is 10.3. The molecule has 1 heterocycles. The van der Waals surface area contributed by atoms with Crippen molar-refractivity contribution in [2.75, 3.05) is 14.2 Å². The van der Waals surface area contributed by atoms with Gasteiger partial charge in [0.25, 0.3) is 11.8 Å². The number of pyridine rings is 1. The molecule has 0 saturated heterocycles. The zero-order chi connectivity index (χ0) is 17.7. The summed E-state index contributed by atoms with van der Waals surface area (Å²) in [6.45, 7) is 1.61. The molecule has 0 aliphatic carbocycles. The molecule has 24 heavy (non-hydrogen) atoms. The molecule has 1 unspecified atom stereocenters. The van der Waals surface area contributed by atoms with Crippen molar-refractivity contribution in [1.82, 2.24) is 10.0 Å². The van der Waals surface area contributed by atoms with Crippen LogP contribution >= 0.6 is 11.6 Å². The van der Waals surface area contributed by atoms with Gasteiger partial charge in [0, 0.05) is 13.2 Å². The van der Waals surface area contributed by atoms with Crippen molar-refractivity contribution in [3.8, 4) is 17.4 Å². The van der Waals surface area contributed by atoms with Crippen molar-refractivity contribution in [2.45, 2.75) is 13.0 Å². The Kier molecular flexibility index (Phi) is 5.94. The SMILES string of the molecule is CON(C)C(=O)C(C)Oc1ccc(Oc2ncc(Cl)cc2F)cc1. The van der Waals surface area contributed by atoms with E-state index >= 15 is 0 Å². The van der Waals surface area contributed by atoms with Gasteiger partial charge in [-0.25, -0.2) is 14.4 Å². The lowest BCUT2D eigenvalue weighted by molar-refractivity contribution is -0.175. The van der Waals surface area contributed by atoms with Gasteiger partial charge in [-0.15, -0.1) is 0 Å². The topological polar surface area (TPSA) is 60.9 Å². The van der Waals surface area contributed by atoms with Gasteiger partial charge in [0.05, 0.1) is 12.1 Å². The van der Waals surface area contributed by atoms with Gasteiger partial charge >= 0.3 is 0 Å². The van der Waals surface area contributed by atoms with Crippen molar-refractivity contribution >= 4 is 17.5 Å². The second-order valence-corrected chi connectivity index (χ2v) is 5.23. The highest BCUT2D eigenvalue weighted by Gasteiger charge is 2.19. The number of amides is 1. The van der Waals surface area contributed by atoms with E-state index in [-0.39, 0.29) is 16.8 Å². The number of nitrogens with zero attached hydrogens (tertiary/aromatic N) is 2. The Morgan fingerprint density at radius 3 is 2.50 bits per heavy atom. The summed E-state index contributed by atoms with van der Waals surface area (Å²) in [5.74, 6) is -0.352. The Morgan fingerprint density at radius 2 is 1.92 bits per heavy atom. The van der Waals surface area contributed by atoms with Gasteiger partial charge in [-0.2, -0.15) is 0 Å². The average molecular weight is 355 g/mol. The first kappa shape index (κ1) is 18.0. The van der Waals surface area contributed by atoms with Gasteiger partial charge in [-0.1, -0.05) is 11.6 Å². The second kappa shape index (κ2) is 7.94. The van der Waals surface area contributed by atoms with E-state index in [0.717, 1.165) is 11.1 Å². The molecule has 0 saturated carbocycles. The molecule has 1 aromatic heterocycles. The van der Waals surface area contributed by atoms with Crippen LogP contribution in [-0.4, -0.2) is 36.2 Å². The quantitative estimate of drug-likeness (QED) is 0.743. The molecule has 0 aliphatic rings. The van der Waals surface area contributed by atoms with Crippen molar-refractivity contribution in [3.05, 3.63) is 47.4 Å².